The molecule has 0 aliphatic heterocycles. The van der Waals surface area contributed by atoms with Crippen molar-refractivity contribution in [3.05, 3.63) is 66.7 Å². The summed E-state index contributed by atoms with van der Waals surface area (Å²) in [4.78, 5) is 24.7. The maximum atomic E-state index is 12.2. The number of carbonyl (C=O) groups excluding carboxylic acids is 1. The van der Waals surface area contributed by atoms with Gasteiger partial charge in [-0.2, -0.15) is 10.1 Å². The molecular weight excluding hydrogens is 382 g/mol. The average molecular weight is 403 g/mol. The highest BCUT2D eigenvalue weighted by molar-refractivity contribution is 5.90. The number of aryl methyl sites for hydroxylation is 1. The van der Waals surface area contributed by atoms with Gasteiger partial charge in [-0.15, -0.1) is 0 Å². The molecule has 30 heavy (non-hydrogen) atoms. The molecule has 1 aromatic carbocycles. The molecule has 4 rings (SSSR count). The van der Waals surface area contributed by atoms with Crippen molar-refractivity contribution in [1.29, 1.82) is 0 Å². The number of amides is 1. The van der Waals surface area contributed by atoms with Gasteiger partial charge in [-0.1, -0.05) is 43.3 Å². The Morgan fingerprint density at radius 2 is 2.00 bits per heavy atom. The predicted molar refractivity (Wildman–Crippen MR) is 110 cm³/mol. The van der Waals surface area contributed by atoms with Gasteiger partial charge in [-0.05, 0) is 23.6 Å². The largest absolute Gasteiger partial charge is 0.339 e. The second-order valence-corrected chi connectivity index (χ2v) is 7.08. The first-order chi connectivity index (χ1) is 14.6. The van der Waals surface area contributed by atoms with E-state index < -0.39 is 0 Å². The monoisotopic (exact) mass is 403 g/mol. The number of nitrogens with zero attached hydrogens (tertiary/aromatic N) is 6. The summed E-state index contributed by atoms with van der Waals surface area (Å²) < 4.78 is 6.82. The predicted octanol–water partition coefficient (Wildman–Crippen LogP) is 3.41. The lowest BCUT2D eigenvalue weighted by atomic mass is 10.0. The van der Waals surface area contributed by atoms with Crippen LogP contribution >= 0.6 is 0 Å². The summed E-state index contributed by atoms with van der Waals surface area (Å²) in [5.41, 5.74) is 2.74. The van der Waals surface area contributed by atoms with E-state index in [4.69, 9.17) is 4.52 Å². The molecule has 3 heterocycles. The van der Waals surface area contributed by atoms with Crippen molar-refractivity contribution in [2.24, 2.45) is 0 Å². The Morgan fingerprint density at radius 1 is 1.17 bits per heavy atom. The molecule has 1 amide bonds. The minimum Gasteiger partial charge on any atom is -0.339 e. The molecule has 0 aliphatic rings. The molecule has 9 heteroatoms. The highest BCUT2D eigenvalue weighted by Gasteiger charge is 2.12. The van der Waals surface area contributed by atoms with Gasteiger partial charge in [0.05, 0.1) is 11.9 Å². The Morgan fingerprint density at radius 3 is 2.67 bits per heavy atom. The molecule has 0 radical (unpaired) electrons. The van der Waals surface area contributed by atoms with Crippen LogP contribution < -0.4 is 5.32 Å². The number of carbonyl (C=O) groups is 1. The van der Waals surface area contributed by atoms with Crippen LogP contribution in [0.2, 0.25) is 0 Å². The smallest absolute Gasteiger partial charge is 0.227 e. The third-order valence-corrected chi connectivity index (χ3v) is 4.55. The van der Waals surface area contributed by atoms with Crippen molar-refractivity contribution in [3.8, 4) is 17.2 Å². The van der Waals surface area contributed by atoms with E-state index in [0.717, 1.165) is 5.56 Å². The fourth-order valence-corrected chi connectivity index (χ4v) is 2.86. The summed E-state index contributed by atoms with van der Waals surface area (Å²) in [5.74, 6) is 1.87. The summed E-state index contributed by atoms with van der Waals surface area (Å²) >= 11 is 0. The third kappa shape index (κ3) is 4.57. The molecular formula is C21H21N7O2. The van der Waals surface area contributed by atoms with E-state index in [1.54, 1.807) is 24.7 Å². The zero-order valence-electron chi connectivity index (χ0n) is 16.7. The van der Waals surface area contributed by atoms with Gasteiger partial charge in [-0.3, -0.25) is 4.79 Å². The quantitative estimate of drug-likeness (QED) is 0.503. The van der Waals surface area contributed by atoms with E-state index in [-0.39, 0.29) is 12.3 Å². The van der Waals surface area contributed by atoms with Crippen molar-refractivity contribution in [2.75, 3.05) is 5.32 Å². The average Bonchev–Trinajstić information content (AvgIpc) is 3.45. The summed E-state index contributed by atoms with van der Waals surface area (Å²) in [5, 5.41) is 10.8. The van der Waals surface area contributed by atoms with Crippen LogP contribution in [-0.4, -0.2) is 35.8 Å². The first-order valence-electron chi connectivity index (χ1n) is 9.62. The number of benzene rings is 1. The Kier molecular flexibility index (Phi) is 5.60. The number of rotatable bonds is 7. The molecule has 0 atom stereocenters. The van der Waals surface area contributed by atoms with Crippen LogP contribution in [0, 0.1) is 0 Å². The molecule has 0 saturated carbocycles. The zero-order valence-corrected chi connectivity index (χ0v) is 16.7. The van der Waals surface area contributed by atoms with E-state index in [1.807, 2.05) is 12.1 Å². The van der Waals surface area contributed by atoms with Crippen LogP contribution in [0.15, 0.2) is 59.8 Å². The number of pyridine rings is 1. The highest BCUT2D eigenvalue weighted by Crippen LogP contribution is 2.21. The first kappa shape index (κ1) is 19.4. The van der Waals surface area contributed by atoms with Crippen molar-refractivity contribution >= 4 is 11.6 Å². The molecule has 152 valence electrons. The van der Waals surface area contributed by atoms with Crippen LogP contribution in [0.5, 0.6) is 0 Å². The number of hydrogen-bond acceptors (Lipinski definition) is 7. The van der Waals surface area contributed by atoms with E-state index in [0.29, 0.717) is 35.6 Å². The van der Waals surface area contributed by atoms with Crippen LogP contribution in [0.25, 0.3) is 17.2 Å². The number of aromatic nitrogens is 6. The molecule has 0 aliphatic carbocycles. The van der Waals surface area contributed by atoms with Gasteiger partial charge in [0.25, 0.3) is 0 Å². The molecule has 0 fully saturated rings. The van der Waals surface area contributed by atoms with Crippen LogP contribution in [0.4, 0.5) is 5.69 Å². The van der Waals surface area contributed by atoms with Crippen molar-refractivity contribution < 1.29 is 9.32 Å². The highest BCUT2D eigenvalue weighted by atomic mass is 16.5. The normalized spacial score (nSPS) is 11.0. The van der Waals surface area contributed by atoms with Crippen LogP contribution in [0.1, 0.15) is 37.6 Å². The van der Waals surface area contributed by atoms with Crippen molar-refractivity contribution in [1.82, 2.24) is 29.9 Å². The van der Waals surface area contributed by atoms with Crippen molar-refractivity contribution in [3.63, 3.8) is 0 Å². The summed E-state index contributed by atoms with van der Waals surface area (Å²) in [6.07, 6.45) is 5.13. The zero-order chi connectivity index (χ0) is 20.9. The van der Waals surface area contributed by atoms with Gasteiger partial charge in [0, 0.05) is 18.4 Å². The maximum Gasteiger partial charge on any atom is 0.227 e. The van der Waals surface area contributed by atoms with Gasteiger partial charge in [0.15, 0.2) is 5.82 Å². The Labute approximate surface area is 173 Å². The lowest BCUT2D eigenvalue weighted by Crippen LogP contribution is -2.13. The molecule has 0 saturated heterocycles. The van der Waals surface area contributed by atoms with Crippen LogP contribution in [0.3, 0.4) is 0 Å². The van der Waals surface area contributed by atoms with Gasteiger partial charge in [0.1, 0.15) is 12.7 Å². The van der Waals surface area contributed by atoms with E-state index in [9.17, 15) is 4.79 Å². The molecule has 0 bridgehead atoms. The minimum atomic E-state index is -0.161. The fourth-order valence-electron chi connectivity index (χ4n) is 2.86. The first-order valence-corrected chi connectivity index (χ1v) is 9.62. The molecule has 4 aromatic rings. The topological polar surface area (TPSA) is 112 Å². The lowest BCUT2D eigenvalue weighted by molar-refractivity contribution is -0.116. The molecule has 0 unspecified atom stereocenters. The molecule has 0 spiro atoms. The van der Waals surface area contributed by atoms with E-state index in [2.05, 4.69) is 56.5 Å². The molecule has 1 N–H and O–H groups in total. The Bertz CT molecular complexity index is 1100. The van der Waals surface area contributed by atoms with Crippen LogP contribution in [-0.2, 0) is 11.2 Å². The summed E-state index contributed by atoms with van der Waals surface area (Å²) in [6, 6.07) is 11.6. The Balaban J connectivity index is 1.31. The van der Waals surface area contributed by atoms with Crippen molar-refractivity contribution in [2.45, 2.75) is 32.6 Å². The van der Waals surface area contributed by atoms with E-state index >= 15 is 0 Å². The SMILES string of the molecule is CC(C)c1ccc(-c2noc(CCC(=O)Nc3ccc(-n4cncn4)nc3)n2)cc1. The van der Waals surface area contributed by atoms with Gasteiger partial charge < -0.3 is 9.84 Å². The summed E-state index contributed by atoms with van der Waals surface area (Å²) in [7, 11) is 0. The molecule has 9 nitrogen and oxygen atoms in total. The lowest BCUT2D eigenvalue weighted by Gasteiger charge is -2.05. The number of hydrogen-bond donors (Lipinski definition) is 1. The minimum absolute atomic E-state index is 0.161. The number of anilines is 1. The maximum absolute atomic E-state index is 12.2. The molecule has 3 aromatic heterocycles. The van der Waals surface area contributed by atoms with Gasteiger partial charge in [0.2, 0.25) is 17.6 Å². The Hall–Kier alpha value is -3.88. The van der Waals surface area contributed by atoms with E-state index in [1.165, 1.54) is 16.6 Å². The van der Waals surface area contributed by atoms with Gasteiger partial charge in [-0.25, -0.2) is 14.6 Å². The second-order valence-electron chi connectivity index (χ2n) is 7.08. The van der Waals surface area contributed by atoms with Gasteiger partial charge >= 0.3 is 0 Å². The summed E-state index contributed by atoms with van der Waals surface area (Å²) in [6.45, 7) is 4.29. The fraction of sp³-hybridized carbons (Fsp3) is 0.238. The third-order valence-electron chi connectivity index (χ3n) is 4.55. The second kappa shape index (κ2) is 8.64. The number of nitrogens with one attached hydrogen (secondary N) is 1. The standard InChI is InChI=1S/C21H21N7O2/c1-14(2)15-3-5-16(6-4-15)21-26-20(30-27-21)10-9-19(29)25-17-7-8-18(23-11-17)28-13-22-12-24-28/h3-8,11-14H,9-10H2,1-2H3,(H,25,29).